The average Bonchev–Trinajstić information content (AvgIpc) is 3.45. The van der Waals surface area contributed by atoms with Crippen LogP contribution in [0.5, 0.6) is 5.75 Å². The third-order valence-electron chi connectivity index (χ3n) is 6.78. The van der Waals surface area contributed by atoms with Gasteiger partial charge in [0.05, 0.1) is 18.2 Å². The Bertz CT molecular complexity index is 1350. The molecule has 0 radical (unpaired) electrons. The van der Waals surface area contributed by atoms with Crippen LogP contribution in [0.2, 0.25) is 5.02 Å². The lowest BCUT2D eigenvalue weighted by Crippen LogP contribution is -2.31. The van der Waals surface area contributed by atoms with Crippen molar-refractivity contribution in [1.29, 1.82) is 0 Å². The number of carbonyl (C=O) groups excluding carboxylic acids is 2. The predicted molar refractivity (Wildman–Crippen MR) is 141 cm³/mol. The van der Waals surface area contributed by atoms with Crippen molar-refractivity contribution in [1.82, 2.24) is 4.90 Å². The molecule has 36 heavy (non-hydrogen) atoms. The lowest BCUT2D eigenvalue weighted by atomic mass is 9.94. The number of carbonyl (C=O) groups is 2. The molecule has 1 amide bonds. The molecule has 2 aliphatic heterocycles. The first-order valence-electron chi connectivity index (χ1n) is 11.9. The molecular formula is C29H27ClN2O4. The van der Waals surface area contributed by atoms with E-state index in [1.54, 1.807) is 29.2 Å². The number of halogens is 1. The maximum atomic E-state index is 13.3. The van der Waals surface area contributed by atoms with Gasteiger partial charge in [-0.3, -0.25) is 9.59 Å². The van der Waals surface area contributed by atoms with Crippen molar-refractivity contribution in [2.75, 3.05) is 32.1 Å². The number of Topliss-reactive ketones (excluding diaryl/α,β-unsaturated/α-hetero) is 1. The van der Waals surface area contributed by atoms with Gasteiger partial charge in [0.25, 0.3) is 11.7 Å². The molecule has 3 aromatic carbocycles. The lowest BCUT2D eigenvalue weighted by Gasteiger charge is -2.26. The Labute approximate surface area is 215 Å². The van der Waals surface area contributed by atoms with Gasteiger partial charge in [0.1, 0.15) is 11.5 Å². The summed E-state index contributed by atoms with van der Waals surface area (Å²) < 4.78 is 5.58. The fourth-order valence-corrected chi connectivity index (χ4v) is 4.93. The number of hydrogen-bond donors (Lipinski definition) is 1. The van der Waals surface area contributed by atoms with E-state index in [1.807, 2.05) is 61.5 Å². The Morgan fingerprint density at radius 2 is 1.78 bits per heavy atom. The number of ether oxygens (including phenoxy) is 1. The first kappa shape index (κ1) is 23.9. The second-order valence-corrected chi connectivity index (χ2v) is 9.71. The Morgan fingerprint density at radius 1 is 1.06 bits per heavy atom. The molecule has 0 aromatic heterocycles. The molecule has 2 heterocycles. The van der Waals surface area contributed by atoms with E-state index in [0.29, 0.717) is 30.2 Å². The van der Waals surface area contributed by atoms with Gasteiger partial charge in [0.2, 0.25) is 0 Å². The van der Waals surface area contributed by atoms with Crippen LogP contribution in [0.15, 0.2) is 72.3 Å². The summed E-state index contributed by atoms with van der Waals surface area (Å²) in [5.74, 6) is -0.678. The van der Waals surface area contributed by atoms with Crippen molar-refractivity contribution >= 4 is 34.7 Å². The van der Waals surface area contributed by atoms with Crippen molar-refractivity contribution in [3.63, 3.8) is 0 Å². The van der Waals surface area contributed by atoms with E-state index in [1.165, 1.54) is 0 Å². The molecule has 0 bridgehead atoms. The molecule has 1 atom stereocenters. The van der Waals surface area contributed by atoms with Gasteiger partial charge in [-0.1, -0.05) is 35.9 Å². The summed E-state index contributed by atoms with van der Waals surface area (Å²) in [7, 11) is 3.90. The van der Waals surface area contributed by atoms with Gasteiger partial charge in [-0.2, -0.15) is 0 Å². The Balaban J connectivity index is 1.56. The molecule has 1 saturated heterocycles. The van der Waals surface area contributed by atoms with E-state index in [-0.39, 0.29) is 11.3 Å². The van der Waals surface area contributed by atoms with Gasteiger partial charge in [-0.15, -0.1) is 0 Å². The van der Waals surface area contributed by atoms with Crippen molar-refractivity contribution in [3.8, 4) is 5.75 Å². The van der Waals surface area contributed by atoms with Crippen LogP contribution in [0, 0.1) is 0 Å². The summed E-state index contributed by atoms with van der Waals surface area (Å²) in [4.78, 5) is 30.1. The standard InChI is InChI=1S/C29H27ClN2O4/c1-31(2)23-10-5-19(6-11-23)26-25(27(33)21-7-12-24-20(17-21)14-16-36-24)28(34)29(35)32(26)15-13-18-3-8-22(30)9-4-18/h3-12,17,26,33H,13-16H2,1-2H3/b27-25-. The quantitative estimate of drug-likeness (QED) is 0.291. The summed E-state index contributed by atoms with van der Waals surface area (Å²) >= 11 is 6.01. The fourth-order valence-electron chi connectivity index (χ4n) is 4.80. The number of likely N-dealkylation sites (tertiary alicyclic amines) is 1. The summed E-state index contributed by atoms with van der Waals surface area (Å²) in [6.45, 7) is 0.911. The molecule has 2 aliphatic rings. The minimum absolute atomic E-state index is 0.104. The van der Waals surface area contributed by atoms with E-state index in [0.717, 1.165) is 34.5 Å². The van der Waals surface area contributed by atoms with Crippen molar-refractivity contribution in [2.45, 2.75) is 18.9 Å². The highest BCUT2D eigenvalue weighted by Crippen LogP contribution is 2.40. The molecule has 1 fully saturated rings. The number of rotatable bonds is 6. The molecule has 1 N–H and O–H groups in total. The number of fused-ring (bicyclic) bond motifs is 1. The van der Waals surface area contributed by atoms with Gasteiger partial charge in [0, 0.05) is 43.3 Å². The van der Waals surface area contributed by atoms with Gasteiger partial charge in [0.15, 0.2) is 0 Å². The highest BCUT2D eigenvalue weighted by Gasteiger charge is 2.45. The molecule has 7 heteroatoms. The van der Waals surface area contributed by atoms with E-state index in [9.17, 15) is 14.7 Å². The summed E-state index contributed by atoms with van der Waals surface area (Å²) in [6.07, 6.45) is 1.29. The molecule has 0 spiro atoms. The number of ketones is 1. The number of anilines is 1. The minimum atomic E-state index is -0.696. The Kier molecular flexibility index (Phi) is 6.46. The minimum Gasteiger partial charge on any atom is -0.507 e. The molecule has 6 nitrogen and oxygen atoms in total. The number of nitrogens with zero attached hydrogens (tertiary/aromatic N) is 2. The second kappa shape index (κ2) is 9.70. The zero-order valence-corrected chi connectivity index (χ0v) is 21.0. The summed E-state index contributed by atoms with van der Waals surface area (Å²) in [5.41, 5.74) is 4.35. The van der Waals surface area contributed by atoms with Crippen LogP contribution in [0.4, 0.5) is 5.69 Å². The average molecular weight is 503 g/mol. The van der Waals surface area contributed by atoms with E-state index in [2.05, 4.69) is 0 Å². The summed E-state index contributed by atoms with van der Waals surface area (Å²) in [5, 5.41) is 12.0. The number of hydrogen-bond acceptors (Lipinski definition) is 5. The third kappa shape index (κ3) is 4.44. The zero-order valence-electron chi connectivity index (χ0n) is 20.2. The maximum absolute atomic E-state index is 13.3. The molecule has 5 rings (SSSR count). The number of aliphatic hydroxyl groups excluding tert-OH is 1. The summed E-state index contributed by atoms with van der Waals surface area (Å²) in [6, 6.07) is 19.8. The van der Waals surface area contributed by atoms with Crippen LogP contribution in [-0.4, -0.2) is 48.9 Å². The van der Waals surface area contributed by atoms with E-state index >= 15 is 0 Å². The SMILES string of the molecule is CN(C)c1ccc(C2/C(=C(/O)c3ccc4c(c3)CCO4)C(=O)C(=O)N2CCc2ccc(Cl)cc2)cc1. The van der Waals surface area contributed by atoms with Crippen LogP contribution >= 0.6 is 11.6 Å². The van der Waals surface area contributed by atoms with E-state index < -0.39 is 17.7 Å². The van der Waals surface area contributed by atoms with Gasteiger partial charge >= 0.3 is 0 Å². The molecule has 1 unspecified atom stereocenters. The predicted octanol–water partition coefficient (Wildman–Crippen LogP) is 5.01. The molecule has 0 aliphatic carbocycles. The number of benzene rings is 3. The van der Waals surface area contributed by atoms with Crippen molar-refractivity contribution in [2.24, 2.45) is 0 Å². The Hall–Kier alpha value is -3.77. The third-order valence-corrected chi connectivity index (χ3v) is 7.03. The van der Waals surface area contributed by atoms with Crippen molar-refractivity contribution in [3.05, 3.63) is 99.6 Å². The number of amides is 1. The van der Waals surface area contributed by atoms with Crippen LogP contribution in [0.25, 0.3) is 5.76 Å². The topological polar surface area (TPSA) is 70.1 Å². The van der Waals surface area contributed by atoms with E-state index in [4.69, 9.17) is 16.3 Å². The highest BCUT2D eigenvalue weighted by molar-refractivity contribution is 6.46. The molecule has 184 valence electrons. The normalized spacial score (nSPS) is 18.3. The lowest BCUT2D eigenvalue weighted by molar-refractivity contribution is -0.139. The van der Waals surface area contributed by atoms with Crippen LogP contribution in [-0.2, 0) is 22.4 Å². The molecule has 3 aromatic rings. The van der Waals surface area contributed by atoms with Gasteiger partial charge < -0.3 is 19.6 Å². The second-order valence-electron chi connectivity index (χ2n) is 9.28. The van der Waals surface area contributed by atoms with Crippen LogP contribution in [0.3, 0.4) is 0 Å². The highest BCUT2D eigenvalue weighted by atomic mass is 35.5. The first-order valence-corrected chi connectivity index (χ1v) is 12.3. The van der Waals surface area contributed by atoms with Crippen molar-refractivity contribution < 1.29 is 19.4 Å². The fraction of sp³-hybridized carbons (Fsp3) is 0.241. The Morgan fingerprint density at radius 3 is 2.47 bits per heavy atom. The molecule has 0 saturated carbocycles. The maximum Gasteiger partial charge on any atom is 0.295 e. The van der Waals surface area contributed by atoms with Crippen LogP contribution in [0.1, 0.15) is 28.3 Å². The monoisotopic (exact) mass is 502 g/mol. The van der Waals surface area contributed by atoms with Gasteiger partial charge in [-0.25, -0.2) is 0 Å². The molecular weight excluding hydrogens is 476 g/mol. The smallest absolute Gasteiger partial charge is 0.295 e. The first-order chi connectivity index (χ1) is 17.3. The largest absolute Gasteiger partial charge is 0.507 e. The number of aliphatic hydroxyl groups is 1. The van der Waals surface area contributed by atoms with Gasteiger partial charge in [-0.05, 0) is 65.6 Å². The van der Waals surface area contributed by atoms with Crippen LogP contribution < -0.4 is 9.64 Å². The zero-order chi connectivity index (χ0) is 25.4.